The minimum absolute atomic E-state index is 0.0723. The van der Waals surface area contributed by atoms with Crippen LogP contribution < -0.4 is 4.74 Å². The highest BCUT2D eigenvalue weighted by molar-refractivity contribution is 5.87. The largest absolute Gasteiger partial charge is 0.492 e. The Kier molecular flexibility index (Phi) is 6.72. The van der Waals surface area contributed by atoms with Crippen molar-refractivity contribution in [3.05, 3.63) is 64.9 Å². The first kappa shape index (κ1) is 24.7. The fourth-order valence-corrected chi connectivity index (χ4v) is 5.54. The number of benzene rings is 2. The Bertz CT molecular complexity index is 1250. The maximum atomic E-state index is 15.6. The van der Waals surface area contributed by atoms with Crippen molar-refractivity contribution in [2.24, 2.45) is 11.8 Å². The van der Waals surface area contributed by atoms with E-state index in [4.69, 9.17) is 4.74 Å². The second-order valence-corrected chi connectivity index (χ2v) is 10.3. The lowest BCUT2D eigenvalue weighted by atomic mass is 9.87. The fourth-order valence-electron chi connectivity index (χ4n) is 5.54. The average Bonchev–Trinajstić information content (AvgIpc) is 3.18. The lowest BCUT2D eigenvalue weighted by molar-refractivity contribution is -0.139. The van der Waals surface area contributed by atoms with E-state index in [1.807, 2.05) is 36.1 Å². The molecule has 2 atom stereocenters. The monoisotopic (exact) mass is 499 g/mol. The molecule has 192 valence electrons. The first-order valence-electron chi connectivity index (χ1n) is 12.6. The van der Waals surface area contributed by atoms with Gasteiger partial charge < -0.3 is 14.6 Å². The summed E-state index contributed by atoms with van der Waals surface area (Å²) >= 11 is 0. The molecule has 1 amide bonds. The van der Waals surface area contributed by atoms with E-state index in [2.05, 4.69) is 4.98 Å². The number of ether oxygens (including phenoxy) is 1. The standard InChI is InChI=1S/C28H32F3N3O2/c1-16(2)28(35)34-17(3)10-21-20-6-4-5-7-24(20)32-26(21)27(34)25-22(30)11-19(12-23(25)31)36-9-8-33-14-18(13-29)15-33/h4-7,11-12,16-18,27,32H,8-10,13-15H2,1-3H3/t17?,27-/m1/s1. The summed E-state index contributed by atoms with van der Waals surface area (Å²) in [5, 5.41) is 1.00. The lowest BCUT2D eigenvalue weighted by Gasteiger charge is -2.42. The zero-order chi connectivity index (χ0) is 25.6. The van der Waals surface area contributed by atoms with Crippen LogP contribution in [0.4, 0.5) is 13.2 Å². The van der Waals surface area contributed by atoms with Gasteiger partial charge in [0.1, 0.15) is 30.0 Å². The van der Waals surface area contributed by atoms with Crippen LogP contribution in [0.5, 0.6) is 5.75 Å². The molecule has 1 unspecified atom stereocenters. The topological polar surface area (TPSA) is 48.6 Å². The van der Waals surface area contributed by atoms with E-state index < -0.39 is 17.7 Å². The van der Waals surface area contributed by atoms with Crippen LogP contribution in [0.25, 0.3) is 10.9 Å². The summed E-state index contributed by atoms with van der Waals surface area (Å²) in [4.78, 5) is 20.3. The quantitative estimate of drug-likeness (QED) is 0.484. The highest BCUT2D eigenvalue weighted by atomic mass is 19.1. The van der Waals surface area contributed by atoms with Crippen LogP contribution in [-0.2, 0) is 11.2 Å². The molecule has 2 aliphatic heterocycles. The predicted octanol–water partition coefficient (Wildman–Crippen LogP) is 5.24. The normalized spacial score (nSPS) is 20.6. The first-order valence-corrected chi connectivity index (χ1v) is 12.6. The molecule has 0 radical (unpaired) electrons. The molecular weight excluding hydrogens is 467 g/mol. The Morgan fingerprint density at radius 2 is 1.86 bits per heavy atom. The SMILES string of the molecule is CC(C)C(=O)N1C(C)Cc2c([nH]c3ccccc23)[C@H]1c1c(F)cc(OCCN2CC(CF)C2)cc1F. The number of carbonyl (C=O) groups excluding carboxylic acids is 1. The summed E-state index contributed by atoms with van der Waals surface area (Å²) < 4.78 is 49.5. The van der Waals surface area contributed by atoms with Crippen molar-refractivity contribution >= 4 is 16.8 Å². The first-order chi connectivity index (χ1) is 17.3. The highest BCUT2D eigenvalue weighted by Gasteiger charge is 2.41. The molecule has 5 rings (SSSR count). The van der Waals surface area contributed by atoms with Gasteiger partial charge in [0, 0.05) is 66.2 Å². The number of carbonyl (C=O) groups is 1. The number of hydrogen-bond acceptors (Lipinski definition) is 3. The fraction of sp³-hybridized carbons (Fsp3) is 0.464. The Morgan fingerprint density at radius 3 is 2.53 bits per heavy atom. The number of alkyl halides is 1. The van der Waals surface area contributed by atoms with Gasteiger partial charge in [-0.3, -0.25) is 14.1 Å². The number of aromatic amines is 1. The Balaban J connectivity index is 1.49. The van der Waals surface area contributed by atoms with Gasteiger partial charge >= 0.3 is 0 Å². The van der Waals surface area contributed by atoms with Crippen molar-refractivity contribution in [1.29, 1.82) is 0 Å². The van der Waals surface area contributed by atoms with Gasteiger partial charge in [0.25, 0.3) is 0 Å². The Morgan fingerprint density at radius 1 is 1.17 bits per heavy atom. The van der Waals surface area contributed by atoms with E-state index in [0.717, 1.165) is 16.5 Å². The van der Waals surface area contributed by atoms with Gasteiger partial charge in [0.05, 0.1) is 12.2 Å². The molecule has 0 aliphatic carbocycles. The maximum Gasteiger partial charge on any atom is 0.226 e. The van der Waals surface area contributed by atoms with Crippen LogP contribution in [-0.4, -0.2) is 59.6 Å². The minimum atomic E-state index is -0.918. The molecule has 2 aromatic carbocycles. The van der Waals surface area contributed by atoms with E-state index >= 15 is 8.78 Å². The van der Waals surface area contributed by atoms with Gasteiger partial charge in [0.2, 0.25) is 5.91 Å². The van der Waals surface area contributed by atoms with Crippen molar-refractivity contribution in [1.82, 2.24) is 14.8 Å². The van der Waals surface area contributed by atoms with E-state index in [0.29, 0.717) is 31.7 Å². The van der Waals surface area contributed by atoms with Gasteiger partial charge in [-0.25, -0.2) is 8.78 Å². The van der Waals surface area contributed by atoms with Crippen LogP contribution in [0, 0.1) is 23.5 Å². The van der Waals surface area contributed by atoms with Gasteiger partial charge in [0.15, 0.2) is 0 Å². The molecule has 3 heterocycles. The van der Waals surface area contributed by atoms with Crippen LogP contribution >= 0.6 is 0 Å². The van der Waals surface area contributed by atoms with Crippen molar-refractivity contribution in [2.75, 3.05) is 32.9 Å². The highest BCUT2D eigenvalue weighted by Crippen LogP contribution is 2.43. The third-order valence-electron chi connectivity index (χ3n) is 7.37. The van der Waals surface area contributed by atoms with Gasteiger partial charge in [-0.2, -0.15) is 0 Å². The van der Waals surface area contributed by atoms with Crippen molar-refractivity contribution < 1.29 is 22.7 Å². The third-order valence-corrected chi connectivity index (χ3v) is 7.37. The summed E-state index contributed by atoms with van der Waals surface area (Å²) in [7, 11) is 0. The molecule has 36 heavy (non-hydrogen) atoms. The molecule has 1 fully saturated rings. The molecule has 2 aliphatic rings. The Hall–Kier alpha value is -3.00. The number of H-pyrrole nitrogens is 1. The number of nitrogens with one attached hydrogen (secondary N) is 1. The summed E-state index contributed by atoms with van der Waals surface area (Å²) in [6.45, 7) is 7.35. The zero-order valence-electron chi connectivity index (χ0n) is 20.9. The summed E-state index contributed by atoms with van der Waals surface area (Å²) in [5.74, 6) is -1.82. The second kappa shape index (κ2) is 9.81. The number of para-hydroxylation sites is 1. The molecule has 1 saturated heterocycles. The number of rotatable bonds is 7. The molecule has 1 aromatic heterocycles. The van der Waals surface area contributed by atoms with Crippen LogP contribution in [0.15, 0.2) is 36.4 Å². The second-order valence-electron chi connectivity index (χ2n) is 10.3. The summed E-state index contributed by atoms with van der Waals surface area (Å²) in [5.41, 5.74) is 2.34. The minimum Gasteiger partial charge on any atom is -0.492 e. The molecule has 0 bridgehead atoms. The van der Waals surface area contributed by atoms with Crippen molar-refractivity contribution in [3.8, 4) is 5.75 Å². The van der Waals surface area contributed by atoms with Crippen molar-refractivity contribution in [3.63, 3.8) is 0 Å². The summed E-state index contributed by atoms with van der Waals surface area (Å²) in [6, 6.07) is 9.00. The zero-order valence-corrected chi connectivity index (χ0v) is 20.9. The molecular formula is C28H32F3N3O2. The number of likely N-dealkylation sites (tertiary alicyclic amines) is 1. The molecule has 3 aromatic rings. The van der Waals surface area contributed by atoms with E-state index in [1.165, 1.54) is 12.1 Å². The lowest BCUT2D eigenvalue weighted by Crippen LogP contribution is -2.49. The van der Waals surface area contributed by atoms with Crippen molar-refractivity contribution in [2.45, 2.75) is 39.3 Å². The number of fused-ring (bicyclic) bond motifs is 3. The van der Waals surface area contributed by atoms with Crippen LogP contribution in [0.2, 0.25) is 0 Å². The average molecular weight is 500 g/mol. The van der Waals surface area contributed by atoms with Gasteiger partial charge in [-0.05, 0) is 25.0 Å². The maximum absolute atomic E-state index is 15.6. The number of amides is 1. The molecule has 1 N–H and O–H groups in total. The van der Waals surface area contributed by atoms with Crippen LogP contribution in [0.3, 0.4) is 0 Å². The number of halogens is 3. The molecule has 0 saturated carbocycles. The molecule has 5 nitrogen and oxygen atoms in total. The predicted molar refractivity (Wildman–Crippen MR) is 133 cm³/mol. The summed E-state index contributed by atoms with van der Waals surface area (Å²) in [6.07, 6.45) is 0.596. The van der Waals surface area contributed by atoms with E-state index in [1.54, 1.807) is 18.7 Å². The van der Waals surface area contributed by atoms with E-state index in [9.17, 15) is 9.18 Å². The smallest absolute Gasteiger partial charge is 0.226 e. The third kappa shape index (κ3) is 4.36. The van der Waals surface area contributed by atoms with Gasteiger partial charge in [-0.15, -0.1) is 0 Å². The number of hydrogen-bond donors (Lipinski definition) is 1. The van der Waals surface area contributed by atoms with Crippen LogP contribution in [0.1, 0.15) is 43.6 Å². The molecule has 0 spiro atoms. The molecule has 8 heteroatoms. The number of aromatic nitrogens is 1. The Labute approximate surface area is 209 Å². The van der Waals surface area contributed by atoms with Gasteiger partial charge in [-0.1, -0.05) is 32.0 Å². The van der Waals surface area contributed by atoms with E-state index in [-0.39, 0.29) is 48.4 Å². The number of nitrogens with zero attached hydrogens (tertiary/aromatic N) is 2.